The first kappa shape index (κ1) is 19.7. The molecule has 0 saturated carbocycles. The molecular formula is C24H18Br2N2O. The van der Waals surface area contributed by atoms with Crippen molar-refractivity contribution < 1.29 is 4.79 Å². The molecule has 1 atom stereocenters. The lowest BCUT2D eigenvalue weighted by atomic mass is 10.0. The molecule has 144 valence electrons. The Labute approximate surface area is 186 Å². The van der Waals surface area contributed by atoms with E-state index in [1.54, 1.807) is 0 Å². The van der Waals surface area contributed by atoms with Crippen LogP contribution in [-0.2, 0) is 4.79 Å². The summed E-state index contributed by atoms with van der Waals surface area (Å²) in [6.45, 7) is 0. The largest absolute Gasteiger partial charge is 0.374 e. The van der Waals surface area contributed by atoms with Gasteiger partial charge in [0.2, 0.25) is 5.78 Å². The van der Waals surface area contributed by atoms with Crippen molar-refractivity contribution in [2.75, 3.05) is 10.6 Å². The van der Waals surface area contributed by atoms with Crippen LogP contribution in [0.2, 0.25) is 0 Å². The van der Waals surface area contributed by atoms with Gasteiger partial charge in [-0.25, -0.2) is 0 Å². The second-order valence-electron chi connectivity index (χ2n) is 6.68. The molecule has 0 amide bonds. The lowest BCUT2D eigenvalue weighted by Gasteiger charge is -2.14. The third kappa shape index (κ3) is 4.86. The van der Waals surface area contributed by atoms with Crippen LogP contribution in [0.5, 0.6) is 0 Å². The summed E-state index contributed by atoms with van der Waals surface area (Å²) in [6.07, 6.45) is 3.90. The summed E-state index contributed by atoms with van der Waals surface area (Å²) in [5.41, 5.74) is 4.10. The summed E-state index contributed by atoms with van der Waals surface area (Å²) in [4.78, 5) is 13.2. The normalized spacial score (nSPS) is 17.3. The van der Waals surface area contributed by atoms with Gasteiger partial charge in [0.05, 0.1) is 11.7 Å². The number of hydrogen-bond donors (Lipinski definition) is 2. The Hall–Kier alpha value is -2.63. The van der Waals surface area contributed by atoms with Gasteiger partial charge in [-0.15, -0.1) is 0 Å². The van der Waals surface area contributed by atoms with Crippen molar-refractivity contribution in [3.63, 3.8) is 0 Å². The molecule has 1 aliphatic carbocycles. The predicted molar refractivity (Wildman–Crippen MR) is 127 cm³/mol. The van der Waals surface area contributed by atoms with Gasteiger partial charge in [-0.3, -0.25) is 4.79 Å². The minimum absolute atomic E-state index is 0.00798. The van der Waals surface area contributed by atoms with Gasteiger partial charge >= 0.3 is 0 Å². The summed E-state index contributed by atoms with van der Waals surface area (Å²) in [6, 6.07) is 25.4. The van der Waals surface area contributed by atoms with Crippen molar-refractivity contribution >= 4 is 55.1 Å². The first-order valence-corrected chi connectivity index (χ1v) is 10.7. The maximum atomic E-state index is 13.2. The van der Waals surface area contributed by atoms with Crippen LogP contribution in [0.1, 0.15) is 5.56 Å². The van der Waals surface area contributed by atoms with E-state index in [-0.39, 0.29) is 11.8 Å². The number of ketones is 1. The first-order chi connectivity index (χ1) is 14.1. The van der Waals surface area contributed by atoms with Gasteiger partial charge in [0, 0.05) is 25.9 Å². The zero-order valence-electron chi connectivity index (χ0n) is 15.4. The zero-order valence-corrected chi connectivity index (χ0v) is 18.6. The third-order valence-corrected chi connectivity index (χ3v) is 5.64. The van der Waals surface area contributed by atoms with Gasteiger partial charge in [-0.05, 0) is 66.2 Å². The summed E-state index contributed by atoms with van der Waals surface area (Å²) < 4.78 is 2.01. The molecule has 0 fully saturated rings. The van der Waals surface area contributed by atoms with Gasteiger partial charge in [0.25, 0.3) is 0 Å². The van der Waals surface area contributed by atoms with Crippen LogP contribution in [-0.4, -0.2) is 11.8 Å². The summed E-state index contributed by atoms with van der Waals surface area (Å²) in [5, 5.41) is 6.72. The van der Waals surface area contributed by atoms with Crippen LogP contribution in [0.4, 0.5) is 11.4 Å². The van der Waals surface area contributed by atoms with Crippen molar-refractivity contribution in [2.24, 2.45) is 0 Å². The van der Waals surface area contributed by atoms with E-state index in [0.29, 0.717) is 11.3 Å². The summed E-state index contributed by atoms with van der Waals surface area (Å²) >= 11 is 6.89. The molecule has 3 nitrogen and oxygen atoms in total. The molecule has 0 saturated heterocycles. The molecule has 3 aromatic rings. The van der Waals surface area contributed by atoms with Crippen molar-refractivity contribution in [3.8, 4) is 0 Å². The number of benzene rings is 3. The smallest absolute Gasteiger partial charge is 0.207 e. The number of carbonyl (C=O) groups excluding carboxylic acids is 1. The number of Topliss-reactive ketones (excluding diaryl/α,β-unsaturated/α-hetero) is 1. The molecule has 1 aliphatic rings. The van der Waals surface area contributed by atoms with Crippen LogP contribution in [0.3, 0.4) is 0 Å². The highest BCUT2D eigenvalue weighted by molar-refractivity contribution is 9.10. The topological polar surface area (TPSA) is 41.1 Å². The van der Waals surface area contributed by atoms with Crippen molar-refractivity contribution in [1.29, 1.82) is 0 Å². The van der Waals surface area contributed by atoms with Crippen LogP contribution >= 0.6 is 31.9 Å². The van der Waals surface area contributed by atoms with E-state index in [4.69, 9.17) is 0 Å². The molecule has 3 aromatic carbocycles. The van der Waals surface area contributed by atoms with Gasteiger partial charge in [0.15, 0.2) is 0 Å². The molecule has 0 bridgehead atoms. The highest BCUT2D eigenvalue weighted by atomic mass is 79.9. The van der Waals surface area contributed by atoms with E-state index < -0.39 is 0 Å². The SMILES string of the molecule is O=C1C(Nc2ccc(Br)cc2)=CC(Nc2ccc(Br)cc2)C1=Cc1ccccc1. The Morgan fingerprint density at radius 2 is 1.34 bits per heavy atom. The molecule has 0 radical (unpaired) electrons. The Balaban J connectivity index is 1.65. The number of rotatable bonds is 5. The fourth-order valence-electron chi connectivity index (χ4n) is 3.15. The number of anilines is 2. The van der Waals surface area contributed by atoms with E-state index in [2.05, 4.69) is 42.5 Å². The zero-order chi connectivity index (χ0) is 20.2. The minimum atomic E-state index is -0.221. The lowest BCUT2D eigenvalue weighted by molar-refractivity contribution is -0.111. The molecule has 4 rings (SSSR count). The quantitative estimate of drug-likeness (QED) is 0.378. The van der Waals surface area contributed by atoms with Crippen LogP contribution in [0.15, 0.2) is 105 Å². The van der Waals surface area contributed by atoms with E-state index in [0.717, 1.165) is 25.9 Å². The highest BCUT2D eigenvalue weighted by Gasteiger charge is 2.30. The molecule has 1 unspecified atom stereocenters. The maximum Gasteiger partial charge on any atom is 0.207 e. The Morgan fingerprint density at radius 3 is 1.97 bits per heavy atom. The standard InChI is InChI=1S/C24H18Br2N2O/c25-17-6-10-19(11-7-17)27-22-15-23(28-20-12-8-18(26)9-13-20)24(29)21(22)14-16-4-2-1-3-5-16/h1-15,22,27-28H. The van der Waals surface area contributed by atoms with E-state index in [9.17, 15) is 4.79 Å². The average molecular weight is 510 g/mol. The Kier molecular flexibility index (Phi) is 5.97. The van der Waals surface area contributed by atoms with E-state index >= 15 is 0 Å². The Morgan fingerprint density at radius 1 is 0.759 bits per heavy atom. The first-order valence-electron chi connectivity index (χ1n) is 9.16. The molecule has 29 heavy (non-hydrogen) atoms. The molecule has 5 heteroatoms. The molecule has 0 aromatic heterocycles. The number of nitrogens with one attached hydrogen (secondary N) is 2. The number of allylic oxidation sites excluding steroid dienone is 1. The number of carbonyl (C=O) groups is 1. The third-order valence-electron chi connectivity index (χ3n) is 4.59. The number of halogens is 2. The van der Waals surface area contributed by atoms with Crippen molar-refractivity contribution in [3.05, 3.63) is 111 Å². The second kappa shape index (κ2) is 8.80. The van der Waals surface area contributed by atoms with Gasteiger partial charge in [-0.1, -0.05) is 62.2 Å². The van der Waals surface area contributed by atoms with Gasteiger partial charge in [0.1, 0.15) is 0 Å². The van der Waals surface area contributed by atoms with E-state index in [1.165, 1.54) is 0 Å². The Bertz CT molecular complexity index is 1070. The van der Waals surface area contributed by atoms with Gasteiger partial charge in [-0.2, -0.15) is 0 Å². The fraction of sp³-hybridized carbons (Fsp3) is 0.0417. The van der Waals surface area contributed by atoms with Crippen LogP contribution < -0.4 is 10.6 Å². The fourth-order valence-corrected chi connectivity index (χ4v) is 3.67. The lowest BCUT2D eigenvalue weighted by Crippen LogP contribution is -2.19. The molecule has 2 N–H and O–H groups in total. The molecule has 0 spiro atoms. The number of hydrogen-bond acceptors (Lipinski definition) is 3. The van der Waals surface area contributed by atoms with E-state index in [1.807, 2.05) is 91.0 Å². The highest BCUT2D eigenvalue weighted by Crippen LogP contribution is 2.28. The summed E-state index contributed by atoms with van der Waals surface area (Å²) in [7, 11) is 0. The maximum absolute atomic E-state index is 13.2. The molecule has 0 heterocycles. The van der Waals surface area contributed by atoms with Crippen molar-refractivity contribution in [2.45, 2.75) is 6.04 Å². The van der Waals surface area contributed by atoms with Gasteiger partial charge < -0.3 is 10.6 Å². The van der Waals surface area contributed by atoms with Crippen molar-refractivity contribution in [1.82, 2.24) is 0 Å². The molecular weight excluding hydrogens is 492 g/mol. The minimum Gasteiger partial charge on any atom is -0.374 e. The summed E-state index contributed by atoms with van der Waals surface area (Å²) in [5.74, 6) is -0.00798. The average Bonchev–Trinajstić information content (AvgIpc) is 3.01. The van der Waals surface area contributed by atoms with Crippen LogP contribution in [0.25, 0.3) is 6.08 Å². The predicted octanol–water partition coefficient (Wildman–Crippen LogP) is 6.65. The molecule has 0 aliphatic heterocycles. The monoisotopic (exact) mass is 508 g/mol. The second-order valence-corrected chi connectivity index (χ2v) is 8.51. The van der Waals surface area contributed by atoms with Crippen LogP contribution in [0, 0.1) is 0 Å².